The number of benzene rings is 2. The summed E-state index contributed by atoms with van der Waals surface area (Å²) in [6.45, 7) is 0.379. The van der Waals surface area contributed by atoms with Crippen LogP contribution in [0.1, 0.15) is 49.4 Å². The molecular weight excluding hydrogens is 354 g/mol. The number of carbonyl (C=O) groups excluding carboxylic acids is 2. The van der Waals surface area contributed by atoms with Crippen LogP contribution in [0.15, 0.2) is 41.4 Å². The normalized spacial score (nSPS) is 15.3. The average molecular weight is 379 g/mol. The number of aliphatic imine (C=N–C) groups is 1. The topological polar surface area (TPSA) is 151 Å². The number of aryl methyl sites for hydroxylation is 2. The second-order valence-corrected chi connectivity index (χ2v) is 7.03. The minimum Gasteiger partial charge on any atom is -0.386 e. The molecule has 0 bridgehead atoms. The van der Waals surface area contributed by atoms with Gasteiger partial charge in [0.1, 0.15) is 5.84 Å². The van der Waals surface area contributed by atoms with Crippen molar-refractivity contribution in [3.63, 3.8) is 0 Å². The molecule has 7 nitrogen and oxygen atoms in total. The maximum atomic E-state index is 11.7. The summed E-state index contributed by atoms with van der Waals surface area (Å²) in [4.78, 5) is 27.7. The van der Waals surface area contributed by atoms with E-state index in [0.29, 0.717) is 42.8 Å². The minimum atomic E-state index is -0.753. The molecule has 0 unspecified atom stereocenters. The molecule has 0 fully saturated rings. The number of nitrogens with two attached hydrogens (primary N) is 4. The maximum absolute atomic E-state index is 11.7. The highest BCUT2D eigenvalue weighted by Gasteiger charge is 2.42. The summed E-state index contributed by atoms with van der Waals surface area (Å²) in [6, 6.07) is 10.8. The van der Waals surface area contributed by atoms with Gasteiger partial charge in [0.2, 0.25) is 11.8 Å². The first kappa shape index (κ1) is 19.6. The first-order chi connectivity index (χ1) is 13.3. The predicted molar refractivity (Wildman–Crippen MR) is 109 cm³/mol. The lowest BCUT2D eigenvalue weighted by Crippen LogP contribution is -2.45. The fourth-order valence-electron chi connectivity index (χ4n) is 4.24. The van der Waals surface area contributed by atoms with Crippen LogP contribution in [0.25, 0.3) is 0 Å². The van der Waals surface area contributed by atoms with Crippen molar-refractivity contribution in [2.24, 2.45) is 27.9 Å². The Hall–Kier alpha value is -3.19. The van der Waals surface area contributed by atoms with E-state index in [9.17, 15) is 9.59 Å². The van der Waals surface area contributed by atoms with Gasteiger partial charge in [0.25, 0.3) is 0 Å². The van der Waals surface area contributed by atoms with Gasteiger partial charge in [0.15, 0.2) is 0 Å². The van der Waals surface area contributed by atoms with E-state index in [4.69, 9.17) is 22.9 Å². The van der Waals surface area contributed by atoms with Crippen molar-refractivity contribution in [3.05, 3.63) is 69.8 Å². The summed E-state index contributed by atoms with van der Waals surface area (Å²) >= 11 is 0. The molecule has 1 aliphatic rings. The Balaban J connectivity index is 2.36. The van der Waals surface area contributed by atoms with Gasteiger partial charge >= 0.3 is 0 Å². The molecule has 0 saturated carbocycles. The highest BCUT2D eigenvalue weighted by Crippen LogP contribution is 2.43. The molecule has 2 aromatic rings. The van der Waals surface area contributed by atoms with E-state index in [2.05, 4.69) is 4.99 Å². The number of amides is 2. The van der Waals surface area contributed by atoms with Crippen molar-refractivity contribution >= 4 is 17.6 Å². The molecule has 0 heterocycles. The van der Waals surface area contributed by atoms with Crippen LogP contribution < -0.4 is 22.9 Å². The van der Waals surface area contributed by atoms with Crippen LogP contribution in [0.4, 0.5) is 0 Å². The van der Waals surface area contributed by atoms with Gasteiger partial charge in [-0.05, 0) is 72.3 Å². The summed E-state index contributed by atoms with van der Waals surface area (Å²) < 4.78 is 0. The van der Waals surface area contributed by atoms with Gasteiger partial charge in [0.05, 0.1) is 5.41 Å². The zero-order chi connectivity index (χ0) is 20.5. The van der Waals surface area contributed by atoms with Crippen molar-refractivity contribution in [2.45, 2.75) is 24.7 Å². The van der Waals surface area contributed by atoms with Crippen LogP contribution >= 0.6 is 0 Å². The van der Waals surface area contributed by atoms with Crippen molar-refractivity contribution in [3.8, 4) is 0 Å². The minimum absolute atomic E-state index is 0.379. The average Bonchev–Trinajstić information content (AvgIpc) is 2.82. The number of nitrogens with zero attached hydrogens (tertiary/aromatic N) is 1. The maximum Gasteiger partial charge on any atom is 0.248 e. The van der Waals surface area contributed by atoms with Crippen molar-refractivity contribution in [1.82, 2.24) is 0 Å². The molecule has 7 heteroatoms. The lowest BCUT2D eigenvalue weighted by atomic mass is 9.69. The summed E-state index contributed by atoms with van der Waals surface area (Å²) in [7, 11) is 1.65. The summed E-state index contributed by atoms with van der Waals surface area (Å²) in [6.07, 6.45) is 1.85. The fourth-order valence-corrected chi connectivity index (χ4v) is 4.24. The number of fused-ring (bicyclic) bond motifs is 2. The van der Waals surface area contributed by atoms with E-state index in [-0.39, 0.29) is 0 Å². The SMILES string of the molecule is CN=C(N)C1(CCN)c2ccc(C(N)=O)cc2CCc2cc(C(N)=O)ccc21. The Kier molecular flexibility index (Phi) is 5.20. The van der Waals surface area contributed by atoms with Crippen molar-refractivity contribution < 1.29 is 9.59 Å². The van der Waals surface area contributed by atoms with Crippen molar-refractivity contribution in [2.75, 3.05) is 13.6 Å². The molecule has 2 aromatic carbocycles. The molecule has 8 N–H and O–H groups in total. The Morgan fingerprint density at radius 2 is 1.39 bits per heavy atom. The largest absolute Gasteiger partial charge is 0.386 e. The monoisotopic (exact) mass is 379 g/mol. The molecule has 0 radical (unpaired) electrons. The van der Waals surface area contributed by atoms with Crippen LogP contribution in [0, 0.1) is 0 Å². The molecule has 0 atom stereocenters. The second kappa shape index (κ2) is 7.44. The number of hydrogen-bond acceptors (Lipinski definition) is 4. The lowest BCUT2D eigenvalue weighted by Gasteiger charge is -2.36. The Morgan fingerprint density at radius 3 is 1.75 bits per heavy atom. The molecule has 0 aliphatic heterocycles. The molecule has 0 saturated heterocycles. The van der Waals surface area contributed by atoms with Gasteiger partial charge in [-0.2, -0.15) is 0 Å². The molecular formula is C21H25N5O2. The van der Waals surface area contributed by atoms with E-state index in [0.717, 1.165) is 22.3 Å². The standard InChI is InChI=1S/C21H25N5O2/c1-26-20(25)21(8-9-22)16-6-4-14(18(23)27)10-12(16)2-3-13-11-15(19(24)28)5-7-17(13)21/h4-7,10-11H,2-3,8-9,22H2,1H3,(H2,23,27)(H2,24,28)(H2,25,26). The number of rotatable bonds is 5. The van der Waals surface area contributed by atoms with Crippen LogP contribution in [-0.2, 0) is 18.3 Å². The van der Waals surface area contributed by atoms with Crippen LogP contribution in [-0.4, -0.2) is 31.2 Å². The van der Waals surface area contributed by atoms with Gasteiger partial charge in [-0.15, -0.1) is 0 Å². The Labute approximate surface area is 163 Å². The first-order valence-electron chi connectivity index (χ1n) is 9.14. The first-order valence-corrected chi connectivity index (χ1v) is 9.14. The third-order valence-electron chi connectivity index (χ3n) is 5.56. The molecule has 3 rings (SSSR count). The highest BCUT2D eigenvalue weighted by molar-refractivity contribution is 5.98. The van der Waals surface area contributed by atoms with Gasteiger partial charge in [0, 0.05) is 18.2 Å². The summed E-state index contributed by atoms with van der Waals surface area (Å²) in [5.74, 6) is -0.537. The van der Waals surface area contributed by atoms with E-state index in [1.54, 1.807) is 19.2 Å². The van der Waals surface area contributed by atoms with Crippen LogP contribution in [0.3, 0.4) is 0 Å². The smallest absolute Gasteiger partial charge is 0.248 e. The van der Waals surface area contributed by atoms with E-state index >= 15 is 0 Å². The Bertz CT molecular complexity index is 915. The molecule has 28 heavy (non-hydrogen) atoms. The molecule has 2 amide bonds. The zero-order valence-electron chi connectivity index (χ0n) is 15.9. The van der Waals surface area contributed by atoms with Gasteiger partial charge in [-0.1, -0.05) is 12.1 Å². The fraction of sp³-hybridized carbons (Fsp3) is 0.286. The molecule has 0 aromatic heterocycles. The molecule has 146 valence electrons. The van der Waals surface area contributed by atoms with Gasteiger partial charge in [-0.3, -0.25) is 14.6 Å². The molecule has 0 spiro atoms. The quantitative estimate of drug-likeness (QED) is 0.444. The number of hydrogen-bond donors (Lipinski definition) is 4. The van der Waals surface area contributed by atoms with Crippen LogP contribution in [0.5, 0.6) is 0 Å². The highest BCUT2D eigenvalue weighted by atomic mass is 16.1. The zero-order valence-corrected chi connectivity index (χ0v) is 15.9. The van der Waals surface area contributed by atoms with E-state index in [1.165, 1.54) is 0 Å². The number of carbonyl (C=O) groups is 2. The molecule has 1 aliphatic carbocycles. The third-order valence-corrected chi connectivity index (χ3v) is 5.56. The lowest BCUT2D eigenvalue weighted by molar-refractivity contribution is 0.0991. The number of primary amides is 2. The Morgan fingerprint density at radius 1 is 0.929 bits per heavy atom. The van der Waals surface area contributed by atoms with Gasteiger partial charge < -0.3 is 22.9 Å². The van der Waals surface area contributed by atoms with E-state index < -0.39 is 17.2 Å². The summed E-state index contributed by atoms with van der Waals surface area (Å²) in [5, 5.41) is 0. The summed E-state index contributed by atoms with van der Waals surface area (Å²) in [5.41, 5.74) is 27.4. The van der Waals surface area contributed by atoms with Crippen LogP contribution in [0.2, 0.25) is 0 Å². The van der Waals surface area contributed by atoms with E-state index in [1.807, 2.05) is 24.3 Å². The second-order valence-electron chi connectivity index (χ2n) is 7.03. The van der Waals surface area contributed by atoms with Gasteiger partial charge in [-0.25, -0.2) is 0 Å². The van der Waals surface area contributed by atoms with Crippen molar-refractivity contribution in [1.29, 1.82) is 0 Å². The third kappa shape index (κ3) is 3.03. The number of amidine groups is 1. The predicted octanol–water partition coefficient (Wildman–Crippen LogP) is 0.605.